The topological polar surface area (TPSA) is 97.3 Å². The van der Waals surface area contributed by atoms with E-state index in [-0.39, 0.29) is 17.4 Å². The van der Waals surface area contributed by atoms with Gasteiger partial charge in [-0.3, -0.25) is 4.79 Å². The zero-order chi connectivity index (χ0) is 13.4. The van der Waals surface area contributed by atoms with Gasteiger partial charge < -0.3 is 20.2 Å². The molecule has 0 aliphatic rings. The van der Waals surface area contributed by atoms with Crippen molar-refractivity contribution < 1.29 is 14.5 Å². The number of alkyl halides is 1. The smallest absolute Gasteiger partial charge is 0.321 e. The van der Waals surface area contributed by atoms with Crippen molar-refractivity contribution in [3.8, 4) is 0 Å². The van der Waals surface area contributed by atoms with E-state index in [0.29, 0.717) is 32.1 Å². The number of ether oxygens (including phenoxy) is 1. The maximum atomic E-state index is 11.5. The lowest BCUT2D eigenvalue weighted by Gasteiger charge is -2.03. The molecule has 0 aliphatic carbocycles. The van der Waals surface area contributed by atoms with Gasteiger partial charge in [0.2, 0.25) is 0 Å². The molecule has 8 heteroatoms. The van der Waals surface area contributed by atoms with Crippen LogP contribution in [0.15, 0.2) is 12.1 Å². The lowest BCUT2D eigenvalue weighted by molar-refractivity contribution is -0.389. The Labute approximate surface area is 109 Å². The van der Waals surface area contributed by atoms with Gasteiger partial charge in [-0.05, 0) is 17.4 Å². The summed E-state index contributed by atoms with van der Waals surface area (Å²) in [5.41, 5.74) is 0.170. The van der Waals surface area contributed by atoms with Crippen LogP contribution in [0.1, 0.15) is 16.9 Å². The standard InChI is InChI=1S/C10H14ClN3O4/c11-4-7-18-6-1-5-12-10(15)8-2-3-9(13-8)14(16)17/h2-3,13H,1,4-7H2,(H,12,15). The van der Waals surface area contributed by atoms with Crippen LogP contribution in [0.25, 0.3) is 0 Å². The van der Waals surface area contributed by atoms with Gasteiger partial charge in [-0.1, -0.05) is 0 Å². The molecule has 1 amide bonds. The normalized spacial score (nSPS) is 10.3. The highest BCUT2D eigenvalue weighted by Crippen LogP contribution is 2.09. The number of halogens is 1. The number of nitro groups is 1. The lowest BCUT2D eigenvalue weighted by atomic mass is 10.4. The molecular formula is C10H14ClN3O4. The lowest BCUT2D eigenvalue weighted by Crippen LogP contribution is -2.25. The average molecular weight is 276 g/mol. The van der Waals surface area contributed by atoms with E-state index in [2.05, 4.69) is 10.3 Å². The summed E-state index contributed by atoms with van der Waals surface area (Å²) in [6, 6.07) is 2.62. The predicted molar refractivity (Wildman–Crippen MR) is 65.9 cm³/mol. The Bertz CT molecular complexity index is 408. The summed E-state index contributed by atoms with van der Waals surface area (Å²) >= 11 is 5.42. The number of aromatic nitrogens is 1. The first-order chi connectivity index (χ1) is 8.65. The fourth-order valence-corrected chi connectivity index (χ4v) is 1.36. The average Bonchev–Trinajstić information content (AvgIpc) is 2.83. The van der Waals surface area contributed by atoms with Crippen molar-refractivity contribution >= 4 is 23.3 Å². The number of amides is 1. The third-order valence-corrected chi connectivity index (χ3v) is 2.24. The second kappa shape index (κ2) is 7.67. The maximum Gasteiger partial charge on any atom is 0.321 e. The summed E-state index contributed by atoms with van der Waals surface area (Å²) in [5, 5.41) is 13.0. The van der Waals surface area contributed by atoms with Crippen molar-refractivity contribution in [2.24, 2.45) is 0 Å². The molecule has 7 nitrogen and oxygen atoms in total. The van der Waals surface area contributed by atoms with Crippen molar-refractivity contribution in [1.82, 2.24) is 10.3 Å². The largest absolute Gasteiger partial charge is 0.380 e. The number of H-pyrrole nitrogens is 1. The van der Waals surface area contributed by atoms with Crippen LogP contribution in [0.3, 0.4) is 0 Å². The van der Waals surface area contributed by atoms with Gasteiger partial charge in [0.05, 0.1) is 6.61 Å². The third-order valence-electron chi connectivity index (χ3n) is 2.08. The summed E-state index contributed by atoms with van der Waals surface area (Å²) in [4.78, 5) is 23.8. The van der Waals surface area contributed by atoms with E-state index in [4.69, 9.17) is 16.3 Å². The summed E-state index contributed by atoms with van der Waals surface area (Å²) in [6.07, 6.45) is 0.658. The van der Waals surface area contributed by atoms with E-state index in [0.717, 1.165) is 0 Å². The Morgan fingerprint density at radius 3 is 2.89 bits per heavy atom. The minimum Gasteiger partial charge on any atom is -0.380 e. The molecule has 100 valence electrons. The maximum absolute atomic E-state index is 11.5. The molecule has 1 aromatic heterocycles. The van der Waals surface area contributed by atoms with Crippen LogP contribution in [-0.4, -0.2) is 41.5 Å². The Balaban J connectivity index is 2.25. The first kappa shape index (κ1) is 14.5. The van der Waals surface area contributed by atoms with Gasteiger partial charge in [-0.15, -0.1) is 11.6 Å². The number of carbonyl (C=O) groups is 1. The van der Waals surface area contributed by atoms with Crippen molar-refractivity contribution in [3.63, 3.8) is 0 Å². The molecule has 0 spiro atoms. The number of rotatable bonds is 8. The number of hydrogen-bond donors (Lipinski definition) is 2. The molecule has 0 aromatic carbocycles. The minimum atomic E-state index is -0.587. The van der Waals surface area contributed by atoms with Gasteiger partial charge >= 0.3 is 5.82 Å². The molecule has 18 heavy (non-hydrogen) atoms. The minimum absolute atomic E-state index is 0.170. The molecule has 0 aliphatic heterocycles. The number of hydrogen-bond acceptors (Lipinski definition) is 4. The summed E-state index contributed by atoms with van der Waals surface area (Å²) < 4.78 is 5.13. The molecule has 1 rings (SSSR count). The fourth-order valence-electron chi connectivity index (χ4n) is 1.25. The highest BCUT2D eigenvalue weighted by atomic mass is 35.5. The van der Waals surface area contributed by atoms with E-state index in [1.807, 2.05) is 0 Å². The zero-order valence-electron chi connectivity index (χ0n) is 9.65. The van der Waals surface area contributed by atoms with E-state index in [1.54, 1.807) is 0 Å². The number of carbonyl (C=O) groups excluding carboxylic acids is 1. The van der Waals surface area contributed by atoms with Crippen molar-refractivity contribution in [2.45, 2.75) is 6.42 Å². The second-order valence-corrected chi connectivity index (χ2v) is 3.80. The zero-order valence-corrected chi connectivity index (χ0v) is 10.4. The SMILES string of the molecule is O=C(NCCCOCCCl)c1ccc([N+](=O)[O-])[nH]1. The van der Waals surface area contributed by atoms with Gasteiger partial charge in [0.1, 0.15) is 0 Å². The van der Waals surface area contributed by atoms with Gasteiger partial charge in [-0.25, -0.2) is 4.98 Å². The van der Waals surface area contributed by atoms with Gasteiger partial charge in [-0.2, -0.15) is 0 Å². The van der Waals surface area contributed by atoms with Crippen LogP contribution < -0.4 is 5.32 Å². The first-order valence-electron chi connectivity index (χ1n) is 5.40. The third kappa shape index (κ3) is 4.72. The second-order valence-electron chi connectivity index (χ2n) is 3.43. The monoisotopic (exact) mass is 275 g/mol. The van der Waals surface area contributed by atoms with Crippen molar-refractivity contribution in [2.75, 3.05) is 25.6 Å². The Kier molecular flexibility index (Phi) is 6.16. The number of nitrogens with zero attached hydrogens (tertiary/aromatic N) is 1. The molecule has 0 fully saturated rings. The van der Waals surface area contributed by atoms with Crippen LogP contribution in [0.5, 0.6) is 0 Å². The number of nitrogens with one attached hydrogen (secondary N) is 2. The fraction of sp³-hybridized carbons (Fsp3) is 0.500. The molecule has 0 radical (unpaired) electrons. The van der Waals surface area contributed by atoms with Crippen LogP contribution in [0.4, 0.5) is 5.82 Å². The summed E-state index contributed by atoms with van der Waals surface area (Å²) in [7, 11) is 0. The number of aromatic amines is 1. The summed E-state index contributed by atoms with van der Waals surface area (Å²) in [6.45, 7) is 1.43. The molecule has 0 bridgehead atoms. The van der Waals surface area contributed by atoms with Crippen LogP contribution in [-0.2, 0) is 4.74 Å². The van der Waals surface area contributed by atoms with Crippen LogP contribution in [0, 0.1) is 10.1 Å². The quantitative estimate of drug-likeness (QED) is 0.323. The summed E-state index contributed by atoms with van der Waals surface area (Å²) in [5.74, 6) is -0.135. The molecule has 0 unspecified atom stereocenters. The molecule has 1 aromatic rings. The highest BCUT2D eigenvalue weighted by molar-refractivity contribution is 6.17. The Morgan fingerprint density at radius 1 is 1.50 bits per heavy atom. The molecule has 2 N–H and O–H groups in total. The Hall–Kier alpha value is -1.60. The van der Waals surface area contributed by atoms with E-state index >= 15 is 0 Å². The van der Waals surface area contributed by atoms with Crippen LogP contribution in [0.2, 0.25) is 0 Å². The predicted octanol–water partition coefficient (Wildman–Crippen LogP) is 1.30. The Morgan fingerprint density at radius 2 is 2.28 bits per heavy atom. The first-order valence-corrected chi connectivity index (χ1v) is 5.94. The van der Waals surface area contributed by atoms with E-state index < -0.39 is 4.92 Å². The molecule has 0 saturated carbocycles. The molecule has 0 saturated heterocycles. The van der Waals surface area contributed by atoms with Gasteiger partial charge in [0.25, 0.3) is 5.91 Å². The van der Waals surface area contributed by atoms with Crippen LogP contribution >= 0.6 is 11.6 Å². The molecule has 0 atom stereocenters. The molecule has 1 heterocycles. The van der Waals surface area contributed by atoms with Crippen molar-refractivity contribution in [3.05, 3.63) is 27.9 Å². The van der Waals surface area contributed by atoms with Gasteiger partial charge in [0, 0.05) is 25.1 Å². The van der Waals surface area contributed by atoms with Crippen molar-refractivity contribution in [1.29, 1.82) is 0 Å². The van der Waals surface area contributed by atoms with Gasteiger partial charge in [0.15, 0.2) is 5.69 Å². The highest BCUT2D eigenvalue weighted by Gasteiger charge is 2.14. The van der Waals surface area contributed by atoms with E-state index in [9.17, 15) is 14.9 Å². The van der Waals surface area contributed by atoms with E-state index in [1.165, 1.54) is 12.1 Å². The molecular weight excluding hydrogens is 262 g/mol.